The fourth-order valence-electron chi connectivity index (χ4n) is 1.03. The van der Waals surface area contributed by atoms with Crippen LogP contribution in [0.2, 0.25) is 10.0 Å². The van der Waals surface area contributed by atoms with Crippen molar-refractivity contribution in [2.75, 3.05) is 0 Å². The molecular weight excluding hydrogens is 211 g/mol. The predicted octanol–water partition coefficient (Wildman–Crippen LogP) is 2.41. The van der Waals surface area contributed by atoms with Crippen molar-refractivity contribution in [3.8, 4) is 0 Å². The molecule has 0 fully saturated rings. The summed E-state index contributed by atoms with van der Waals surface area (Å²) in [5.41, 5.74) is 0.376. The summed E-state index contributed by atoms with van der Waals surface area (Å²) in [7, 11) is 0. The molecule has 0 aliphatic rings. The van der Waals surface area contributed by atoms with Gasteiger partial charge in [0.2, 0.25) is 0 Å². The van der Waals surface area contributed by atoms with E-state index in [2.05, 4.69) is 0 Å². The van der Waals surface area contributed by atoms with Gasteiger partial charge in [-0.15, -0.1) is 0 Å². The lowest BCUT2D eigenvalue weighted by atomic mass is 10.1. The van der Waals surface area contributed by atoms with Crippen molar-refractivity contribution in [2.45, 2.75) is 19.1 Å². The minimum absolute atomic E-state index is 0.362. The second-order valence-electron chi connectivity index (χ2n) is 2.82. The summed E-state index contributed by atoms with van der Waals surface area (Å²) in [5, 5.41) is 19.4. The summed E-state index contributed by atoms with van der Waals surface area (Å²) in [6.45, 7) is 1.48. The van der Waals surface area contributed by atoms with E-state index in [1.54, 1.807) is 18.2 Å². The maximum Gasteiger partial charge on any atom is 0.107 e. The molecule has 1 aromatic carbocycles. The number of aliphatic hydroxyl groups is 2. The maximum absolute atomic E-state index is 9.54. The van der Waals surface area contributed by atoms with Crippen LogP contribution in [-0.4, -0.2) is 16.3 Å². The Hall–Kier alpha value is -0.280. The van der Waals surface area contributed by atoms with Gasteiger partial charge in [0.1, 0.15) is 6.10 Å². The van der Waals surface area contributed by atoms with Crippen molar-refractivity contribution in [3.05, 3.63) is 33.8 Å². The zero-order valence-electron chi connectivity index (χ0n) is 7.04. The zero-order chi connectivity index (χ0) is 10.0. The van der Waals surface area contributed by atoms with Crippen molar-refractivity contribution < 1.29 is 10.2 Å². The van der Waals surface area contributed by atoms with Gasteiger partial charge in [0.05, 0.1) is 6.10 Å². The van der Waals surface area contributed by atoms with E-state index >= 15 is 0 Å². The van der Waals surface area contributed by atoms with E-state index in [9.17, 15) is 5.11 Å². The Kier molecular flexibility index (Phi) is 3.56. The molecule has 1 unspecified atom stereocenters. The first-order chi connectivity index (χ1) is 6.04. The average Bonchev–Trinajstić information content (AvgIpc) is 2.03. The lowest BCUT2D eigenvalue weighted by Gasteiger charge is -2.16. The van der Waals surface area contributed by atoms with E-state index in [0.717, 1.165) is 0 Å². The molecule has 2 N–H and O–H groups in total. The Morgan fingerprint density at radius 1 is 1.15 bits per heavy atom. The van der Waals surface area contributed by atoms with Gasteiger partial charge in [0, 0.05) is 15.6 Å². The third-order valence-electron chi connectivity index (χ3n) is 1.75. The summed E-state index contributed by atoms with van der Waals surface area (Å²) in [6, 6.07) is 4.92. The lowest BCUT2D eigenvalue weighted by molar-refractivity contribution is 0.0306. The lowest BCUT2D eigenvalue weighted by Crippen LogP contribution is -2.14. The van der Waals surface area contributed by atoms with Gasteiger partial charge < -0.3 is 10.2 Å². The quantitative estimate of drug-likeness (QED) is 0.804. The van der Waals surface area contributed by atoms with Crippen LogP contribution in [0, 0.1) is 0 Å². The van der Waals surface area contributed by atoms with Crippen LogP contribution in [-0.2, 0) is 0 Å². The molecule has 1 aromatic rings. The highest BCUT2D eigenvalue weighted by atomic mass is 35.5. The number of hydrogen-bond acceptors (Lipinski definition) is 2. The number of aliphatic hydroxyl groups excluding tert-OH is 2. The van der Waals surface area contributed by atoms with Gasteiger partial charge in [-0.1, -0.05) is 29.3 Å². The maximum atomic E-state index is 9.54. The topological polar surface area (TPSA) is 40.5 Å². The standard InChI is InChI=1S/C9H10Cl2O2/c1-5(12)9(13)8-6(10)3-2-4-7(8)11/h2-5,9,12-13H,1H3/t5-,9?/m1/s1. The fraction of sp³-hybridized carbons (Fsp3) is 0.333. The number of benzene rings is 1. The zero-order valence-corrected chi connectivity index (χ0v) is 8.55. The van der Waals surface area contributed by atoms with Crippen LogP contribution in [0.1, 0.15) is 18.6 Å². The Bertz CT molecular complexity index is 279. The SMILES string of the molecule is C[C@@H](O)C(O)c1c(Cl)cccc1Cl. The Morgan fingerprint density at radius 2 is 1.62 bits per heavy atom. The molecule has 2 atom stereocenters. The van der Waals surface area contributed by atoms with Crippen LogP contribution < -0.4 is 0 Å². The Labute approximate surface area is 86.7 Å². The second-order valence-corrected chi connectivity index (χ2v) is 3.64. The molecule has 0 saturated heterocycles. The van der Waals surface area contributed by atoms with E-state index in [1.807, 2.05) is 0 Å². The molecule has 1 rings (SSSR count). The van der Waals surface area contributed by atoms with Crippen LogP contribution in [0.15, 0.2) is 18.2 Å². The van der Waals surface area contributed by atoms with Crippen molar-refractivity contribution in [2.24, 2.45) is 0 Å². The van der Waals surface area contributed by atoms with Gasteiger partial charge in [-0.05, 0) is 19.1 Å². The summed E-state index contributed by atoms with van der Waals surface area (Å²) in [4.78, 5) is 0. The molecule has 0 radical (unpaired) electrons. The predicted molar refractivity (Wildman–Crippen MR) is 53.1 cm³/mol. The third kappa shape index (κ3) is 2.35. The normalized spacial score (nSPS) is 15.5. The minimum Gasteiger partial charge on any atom is -0.390 e. The van der Waals surface area contributed by atoms with Crippen LogP contribution in [0.3, 0.4) is 0 Å². The highest BCUT2D eigenvalue weighted by Crippen LogP contribution is 2.31. The molecule has 0 spiro atoms. The van der Waals surface area contributed by atoms with Gasteiger partial charge >= 0.3 is 0 Å². The molecule has 0 amide bonds. The van der Waals surface area contributed by atoms with Gasteiger partial charge in [0.25, 0.3) is 0 Å². The van der Waals surface area contributed by atoms with E-state index in [1.165, 1.54) is 6.92 Å². The van der Waals surface area contributed by atoms with Crippen molar-refractivity contribution in [1.82, 2.24) is 0 Å². The molecule has 0 saturated carbocycles. The molecule has 4 heteroatoms. The number of rotatable bonds is 2. The molecule has 0 aromatic heterocycles. The largest absolute Gasteiger partial charge is 0.390 e. The highest BCUT2D eigenvalue weighted by molar-refractivity contribution is 6.36. The van der Waals surface area contributed by atoms with Crippen molar-refractivity contribution in [1.29, 1.82) is 0 Å². The molecule has 72 valence electrons. The summed E-state index contributed by atoms with van der Waals surface area (Å²) < 4.78 is 0. The van der Waals surface area contributed by atoms with Crippen molar-refractivity contribution in [3.63, 3.8) is 0 Å². The summed E-state index contributed by atoms with van der Waals surface area (Å²) >= 11 is 11.6. The van der Waals surface area contributed by atoms with E-state index in [0.29, 0.717) is 15.6 Å². The van der Waals surface area contributed by atoms with Gasteiger partial charge in [-0.3, -0.25) is 0 Å². The fourth-order valence-corrected chi connectivity index (χ4v) is 1.66. The van der Waals surface area contributed by atoms with Gasteiger partial charge in [-0.2, -0.15) is 0 Å². The Morgan fingerprint density at radius 3 is 2.00 bits per heavy atom. The van der Waals surface area contributed by atoms with Gasteiger partial charge in [-0.25, -0.2) is 0 Å². The van der Waals surface area contributed by atoms with Crippen LogP contribution in [0.4, 0.5) is 0 Å². The first-order valence-electron chi connectivity index (χ1n) is 3.84. The van der Waals surface area contributed by atoms with Crippen LogP contribution in [0.5, 0.6) is 0 Å². The molecule has 2 nitrogen and oxygen atoms in total. The average molecular weight is 221 g/mol. The Balaban J connectivity index is 3.12. The van der Waals surface area contributed by atoms with Crippen LogP contribution >= 0.6 is 23.2 Å². The first kappa shape index (κ1) is 10.8. The number of hydrogen-bond donors (Lipinski definition) is 2. The van der Waals surface area contributed by atoms with E-state index < -0.39 is 12.2 Å². The van der Waals surface area contributed by atoms with E-state index in [4.69, 9.17) is 28.3 Å². The molecule has 0 bridgehead atoms. The smallest absolute Gasteiger partial charge is 0.107 e. The monoisotopic (exact) mass is 220 g/mol. The molecule has 0 heterocycles. The summed E-state index contributed by atoms with van der Waals surface area (Å²) in [5.74, 6) is 0. The summed E-state index contributed by atoms with van der Waals surface area (Å²) in [6.07, 6.45) is -1.93. The molecular formula is C9H10Cl2O2. The second kappa shape index (κ2) is 4.29. The first-order valence-corrected chi connectivity index (χ1v) is 4.59. The highest BCUT2D eigenvalue weighted by Gasteiger charge is 2.19. The van der Waals surface area contributed by atoms with Crippen molar-refractivity contribution >= 4 is 23.2 Å². The van der Waals surface area contributed by atoms with Gasteiger partial charge in [0.15, 0.2) is 0 Å². The molecule has 0 aliphatic heterocycles. The number of halogens is 2. The molecule has 13 heavy (non-hydrogen) atoms. The third-order valence-corrected chi connectivity index (χ3v) is 2.41. The minimum atomic E-state index is -1.04. The van der Waals surface area contributed by atoms with Crippen LogP contribution in [0.25, 0.3) is 0 Å². The van der Waals surface area contributed by atoms with E-state index in [-0.39, 0.29) is 0 Å². The molecule has 0 aliphatic carbocycles.